The molecule has 236 valence electrons. The zero-order chi connectivity index (χ0) is 32.4. The Hall–Kier alpha value is -5.61. The molecule has 1 aromatic heterocycles. The Labute approximate surface area is 264 Å². The highest BCUT2D eigenvalue weighted by atomic mass is 16.7. The first-order valence-corrected chi connectivity index (χ1v) is 14.3. The van der Waals surface area contributed by atoms with Crippen molar-refractivity contribution in [3.8, 4) is 51.6 Å². The highest BCUT2D eigenvalue weighted by molar-refractivity contribution is 5.92. The van der Waals surface area contributed by atoms with Crippen LogP contribution in [0.3, 0.4) is 0 Å². The molecule has 7 rings (SSSR count). The summed E-state index contributed by atoms with van der Waals surface area (Å²) in [6.07, 6.45) is 1.89. The van der Waals surface area contributed by atoms with Crippen molar-refractivity contribution in [3.05, 3.63) is 100 Å². The van der Waals surface area contributed by atoms with Crippen molar-refractivity contribution in [3.63, 3.8) is 0 Å². The zero-order valence-electron chi connectivity index (χ0n) is 25.9. The van der Waals surface area contributed by atoms with Crippen molar-refractivity contribution in [2.24, 2.45) is 0 Å². The van der Waals surface area contributed by atoms with E-state index in [-0.39, 0.29) is 12.0 Å². The summed E-state index contributed by atoms with van der Waals surface area (Å²) in [5.41, 5.74) is 3.37. The van der Waals surface area contributed by atoms with Crippen molar-refractivity contribution >= 4 is 22.6 Å². The summed E-state index contributed by atoms with van der Waals surface area (Å²) in [5.74, 6) is 3.19. The predicted molar refractivity (Wildman–Crippen MR) is 173 cm³/mol. The van der Waals surface area contributed by atoms with Crippen LogP contribution in [0.25, 0.3) is 33.9 Å². The fourth-order valence-corrected chi connectivity index (χ4v) is 5.30. The van der Waals surface area contributed by atoms with Gasteiger partial charge in [-0.2, -0.15) is 0 Å². The van der Waals surface area contributed by atoms with E-state index < -0.39 is 5.79 Å². The molecule has 0 aliphatic carbocycles. The van der Waals surface area contributed by atoms with Gasteiger partial charge >= 0.3 is 0 Å². The normalized spacial score (nSPS) is 15.7. The Morgan fingerprint density at radius 2 is 1.41 bits per heavy atom. The van der Waals surface area contributed by atoms with Gasteiger partial charge in [-0.3, -0.25) is 4.79 Å². The quantitative estimate of drug-likeness (QED) is 0.234. The number of ether oxygens (including phenoxy) is 7. The highest BCUT2D eigenvalue weighted by Gasteiger charge is 2.44. The smallest absolute Gasteiger partial charge is 0.270 e. The van der Waals surface area contributed by atoms with Gasteiger partial charge in [0, 0.05) is 46.5 Å². The lowest BCUT2D eigenvalue weighted by molar-refractivity contribution is -0.116. The van der Waals surface area contributed by atoms with Crippen LogP contribution in [0.5, 0.6) is 40.2 Å². The molecule has 0 amide bonds. The van der Waals surface area contributed by atoms with E-state index in [2.05, 4.69) is 0 Å². The van der Waals surface area contributed by atoms with Gasteiger partial charge in [-0.05, 0) is 48.5 Å². The molecule has 0 radical (unpaired) electrons. The summed E-state index contributed by atoms with van der Waals surface area (Å²) in [6.45, 7) is -0.0298. The van der Waals surface area contributed by atoms with E-state index >= 15 is 0 Å². The summed E-state index contributed by atoms with van der Waals surface area (Å²) in [6, 6.07) is 23.0. The molecule has 2 aliphatic rings. The number of fused-ring (bicyclic) bond motifs is 5. The van der Waals surface area contributed by atoms with Crippen LogP contribution in [0, 0.1) is 0 Å². The molecule has 2 aliphatic heterocycles. The minimum atomic E-state index is -1.58. The third kappa shape index (κ3) is 5.66. The fraction of sp³-hybridized carbons (Fsp3) is 0.194. The summed E-state index contributed by atoms with van der Waals surface area (Å²) in [5, 5.41) is 11.5. The second-order valence-electron chi connectivity index (χ2n) is 10.4. The summed E-state index contributed by atoms with van der Waals surface area (Å²) in [7, 11) is 7.88. The molecular formula is C36H32O10. The predicted octanol–water partition coefficient (Wildman–Crippen LogP) is 6.20. The van der Waals surface area contributed by atoms with Gasteiger partial charge in [0.1, 0.15) is 40.1 Å². The van der Waals surface area contributed by atoms with Crippen molar-refractivity contribution in [2.45, 2.75) is 5.79 Å². The Kier molecular flexibility index (Phi) is 8.21. The molecule has 0 saturated heterocycles. The molecule has 0 saturated carbocycles. The molecule has 10 nitrogen and oxygen atoms in total. The highest BCUT2D eigenvalue weighted by Crippen LogP contribution is 2.49. The van der Waals surface area contributed by atoms with Gasteiger partial charge in [-0.25, -0.2) is 0 Å². The largest absolute Gasteiger partial charge is 0.497 e. The first-order chi connectivity index (χ1) is 22.3. The average molecular weight is 625 g/mol. The van der Waals surface area contributed by atoms with Crippen LogP contribution in [0.2, 0.25) is 0 Å². The van der Waals surface area contributed by atoms with E-state index in [1.807, 2.05) is 42.5 Å². The Morgan fingerprint density at radius 3 is 2.15 bits per heavy atom. The average Bonchev–Trinajstić information content (AvgIpc) is 3.09. The van der Waals surface area contributed by atoms with Gasteiger partial charge in [0.25, 0.3) is 5.79 Å². The minimum absolute atomic E-state index is 0.0298. The maximum atomic E-state index is 12.2. The number of benzene rings is 4. The Balaban J connectivity index is 0.000000164. The third-order valence-corrected chi connectivity index (χ3v) is 7.71. The Morgan fingerprint density at radius 1 is 0.717 bits per heavy atom. The number of aliphatic hydroxyl groups is 1. The summed E-state index contributed by atoms with van der Waals surface area (Å²) in [4.78, 5) is 12.2. The molecule has 46 heavy (non-hydrogen) atoms. The molecule has 0 spiro atoms. The van der Waals surface area contributed by atoms with E-state index in [1.54, 1.807) is 71.9 Å². The first-order valence-electron chi connectivity index (χ1n) is 14.3. The summed E-state index contributed by atoms with van der Waals surface area (Å²) < 4.78 is 43.7. The number of rotatable bonds is 6. The fourth-order valence-electron chi connectivity index (χ4n) is 5.30. The van der Waals surface area contributed by atoms with E-state index in [0.29, 0.717) is 68.1 Å². The van der Waals surface area contributed by atoms with E-state index in [1.165, 1.54) is 6.07 Å². The lowest BCUT2D eigenvalue weighted by Crippen LogP contribution is -2.47. The molecule has 10 heteroatoms. The minimum Gasteiger partial charge on any atom is -0.497 e. The lowest BCUT2D eigenvalue weighted by atomic mass is 9.90. The van der Waals surface area contributed by atoms with Crippen LogP contribution < -0.4 is 38.6 Å². The van der Waals surface area contributed by atoms with Crippen molar-refractivity contribution in [1.29, 1.82) is 0 Å². The van der Waals surface area contributed by atoms with E-state index in [9.17, 15) is 9.90 Å². The molecule has 3 heterocycles. The molecule has 4 aromatic carbocycles. The lowest BCUT2D eigenvalue weighted by Gasteiger charge is -2.39. The van der Waals surface area contributed by atoms with Crippen LogP contribution in [0.4, 0.5) is 0 Å². The summed E-state index contributed by atoms with van der Waals surface area (Å²) >= 11 is 0. The van der Waals surface area contributed by atoms with Crippen LogP contribution >= 0.6 is 0 Å². The SMILES string of the molecule is COc1ccc2c(c1)OC1(O)COc3cc(OC)c(OC)cc3C1=C2.COc1cccc(-c2cc(=O)c3ccc(OC)cc3o2)c1. The van der Waals surface area contributed by atoms with Crippen molar-refractivity contribution in [2.75, 3.05) is 42.2 Å². The van der Waals surface area contributed by atoms with E-state index in [4.69, 9.17) is 37.6 Å². The van der Waals surface area contributed by atoms with Crippen LogP contribution in [0.15, 0.2) is 88.1 Å². The van der Waals surface area contributed by atoms with Gasteiger partial charge in [0.2, 0.25) is 0 Å². The number of methoxy groups -OCH3 is 5. The molecule has 1 atom stereocenters. The standard InChI is InChI=1S/C19H18O6.C17H14O4/c1-21-12-5-4-11-6-14-13-8-17(22-2)18(23-3)9-16(13)24-10-19(14,20)25-15(11)7-12;1-19-12-5-3-4-11(8-12)16-10-15(18)14-7-6-13(20-2)9-17(14)21-16/h4-9,20H,10H2,1-3H3;3-10H,1-2H3. The first kappa shape index (κ1) is 30.4. The van der Waals surface area contributed by atoms with Gasteiger partial charge in [-0.1, -0.05) is 12.1 Å². The van der Waals surface area contributed by atoms with Crippen molar-refractivity contribution < 1.29 is 42.7 Å². The van der Waals surface area contributed by atoms with Gasteiger partial charge in [0.15, 0.2) is 23.5 Å². The maximum absolute atomic E-state index is 12.2. The molecule has 0 bridgehead atoms. The molecule has 1 N–H and O–H groups in total. The zero-order valence-corrected chi connectivity index (χ0v) is 25.9. The van der Waals surface area contributed by atoms with Gasteiger partial charge < -0.3 is 42.7 Å². The number of hydrogen-bond donors (Lipinski definition) is 1. The second-order valence-corrected chi connectivity index (χ2v) is 10.4. The van der Waals surface area contributed by atoms with Crippen LogP contribution in [0.1, 0.15) is 11.1 Å². The number of hydrogen-bond acceptors (Lipinski definition) is 10. The maximum Gasteiger partial charge on any atom is 0.270 e. The van der Waals surface area contributed by atoms with Crippen LogP contribution in [-0.2, 0) is 0 Å². The van der Waals surface area contributed by atoms with Gasteiger partial charge in [-0.15, -0.1) is 0 Å². The Bertz CT molecular complexity index is 2010. The molecular weight excluding hydrogens is 592 g/mol. The topological polar surface area (TPSA) is 115 Å². The van der Waals surface area contributed by atoms with Gasteiger partial charge in [0.05, 0.1) is 40.9 Å². The van der Waals surface area contributed by atoms with Crippen molar-refractivity contribution in [1.82, 2.24) is 0 Å². The molecule has 5 aromatic rings. The molecule has 1 unspecified atom stereocenters. The second kappa shape index (κ2) is 12.4. The third-order valence-electron chi connectivity index (χ3n) is 7.71. The molecule has 0 fully saturated rings. The van der Waals surface area contributed by atoms with Crippen LogP contribution in [-0.4, -0.2) is 53.0 Å². The monoisotopic (exact) mass is 624 g/mol. The van der Waals surface area contributed by atoms with E-state index in [0.717, 1.165) is 11.1 Å².